The van der Waals surface area contributed by atoms with Crippen LogP contribution in [0.4, 0.5) is 0 Å². The standard InChI is InChI=1S/C13H21.2FH.Zr/c1-3-5-8-12-10-7-11-13(12)9-6-4-2;;;/h10H,3-9H2,1-2H3;2*1H;/q;;;+2/p-2. The summed E-state index contributed by atoms with van der Waals surface area (Å²) in [7, 11) is 0. The number of halogens is 2. The zero-order chi connectivity index (χ0) is 10.4. The molecule has 0 aromatic rings. The van der Waals surface area contributed by atoms with Gasteiger partial charge in [0.05, 0.1) is 0 Å². The number of hydrogen-bond acceptors (Lipinski definition) is 0. The summed E-state index contributed by atoms with van der Waals surface area (Å²) in [6.07, 6.45) is 11.8. The van der Waals surface area contributed by atoms with Crippen LogP contribution in [0.1, 0.15) is 58.8 Å². The van der Waals surface area contributed by atoms with Crippen molar-refractivity contribution in [1.82, 2.24) is 0 Å². The third kappa shape index (κ3) is 5.52. The maximum atomic E-state index is 2.48. The van der Waals surface area contributed by atoms with Crippen LogP contribution >= 0.6 is 0 Å². The Morgan fingerprint density at radius 3 is 2.19 bits per heavy atom. The van der Waals surface area contributed by atoms with Gasteiger partial charge in [-0.15, -0.1) is 0 Å². The Hall–Kier alpha value is 0.223. The third-order valence-corrected chi connectivity index (χ3v) is 4.13. The molecule has 0 saturated heterocycles. The van der Waals surface area contributed by atoms with E-state index in [4.69, 9.17) is 0 Å². The molecule has 0 fully saturated rings. The van der Waals surface area contributed by atoms with Crippen molar-refractivity contribution in [3.63, 3.8) is 0 Å². The van der Waals surface area contributed by atoms with Gasteiger partial charge in [0.15, 0.2) is 0 Å². The first-order chi connectivity index (χ1) is 6.79. The number of hydrogen-bond donors (Lipinski definition) is 0. The zero-order valence-corrected chi connectivity index (χ0v) is 12.7. The Kier molecular flexibility index (Phi) is 12.1. The van der Waals surface area contributed by atoms with Crippen molar-refractivity contribution in [3.8, 4) is 0 Å². The molecule has 0 aromatic carbocycles. The normalized spacial score (nSPS) is 14.4. The van der Waals surface area contributed by atoms with Crippen molar-refractivity contribution >= 4 is 0 Å². The SMILES string of the molecule is CCCCC1=CC[C]([Zr+2])=C1CCCC.[F-].[F-]. The summed E-state index contributed by atoms with van der Waals surface area (Å²) < 4.78 is 1.72. The summed E-state index contributed by atoms with van der Waals surface area (Å²) in [6, 6.07) is 0. The molecule has 0 nitrogen and oxygen atoms in total. The van der Waals surface area contributed by atoms with Gasteiger partial charge in [-0.1, -0.05) is 0 Å². The molecule has 0 atom stereocenters. The van der Waals surface area contributed by atoms with E-state index in [1.54, 1.807) is 39.1 Å². The molecule has 0 N–H and O–H groups in total. The van der Waals surface area contributed by atoms with Gasteiger partial charge in [-0.05, 0) is 0 Å². The zero-order valence-electron chi connectivity index (χ0n) is 10.3. The summed E-state index contributed by atoms with van der Waals surface area (Å²) in [6.45, 7) is 4.57. The van der Waals surface area contributed by atoms with Crippen molar-refractivity contribution in [2.75, 3.05) is 0 Å². The summed E-state index contributed by atoms with van der Waals surface area (Å²) in [5.74, 6) is 0. The largest absolute Gasteiger partial charge is 1.00 e. The molecular weight excluding hydrogens is 285 g/mol. The monoisotopic (exact) mass is 305 g/mol. The Morgan fingerprint density at radius 2 is 1.62 bits per heavy atom. The van der Waals surface area contributed by atoms with E-state index in [0.717, 1.165) is 0 Å². The summed E-state index contributed by atoms with van der Waals surface area (Å²) in [5, 5.41) is 0. The van der Waals surface area contributed by atoms with E-state index in [-0.39, 0.29) is 9.41 Å². The maximum Gasteiger partial charge on any atom is -1.00 e. The molecule has 0 radical (unpaired) electrons. The smallest absolute Gasteiger partial charge is 1.00 e. The first-order valence-electron chi connectivity index (χ1n) is 5.92. The first kappa shape index (κ1) is 18.6. The molecule has 0 bridgehead atoms. The molecule has 0 heterocycles. The summed E-state index contributed by atoms with van der Waals surface area (Å²) in [5.41, 5.74) is 3.42. The molecule has 0 spiro atoms. The van der Waals surface area contributed by atoms with Gasteiger partial charge < -0.3 is 9.41 Å². The van der Waals surface area contributed by atoms with Crippen LogP contribution in [-0.4, -0.2) is 0 Å². The van der Waals surface area contributed by atoms with Gasteiger partial charge in [0.2, 0.25) is 0 Å². The van der Waals surface area contributed by atoms with Crippen molar-refractivity contribution in [2.45, 2.75) is 58.8 Å². The number of rotatable bonds is 6. The van der Waals surface area contributed by atoms with Gasteiger partial charge in [0, 0.05) is 0 Å². The second-order valence-electron chi connectivity index (χ2n) is 4.10. The van der Waals surface area contributed by atoms with E-state index in [2.05, 4.69) is 19.9 Å². The fourth-order valence-corrected chi connectivity index (χ4v) is 2.90. The van der Waals surface area contributed by atoms with Crippen LogP contribution in [-0.2, 0) is 24.7 Å². The molecule has 0 unspecified atom stereocenters. The minimum atomic E-state index is 0. The fourth-order valence-electron chi connectivity index (χ4n) is 1.95. The number of allylic oxidation sites excluding steroid dienone is 4. The third-order valence-electron chi connectivity index (χ3n) is 2.88. The van der Waals surface area contributed by atoms with Crippen molar-refractivity contribution in [2.24, 2.45) is 0 Å². The Labute approximate surface area is 113 Å². The van der Waals surface area contributed by atoms with Crippen LogP contribution in [0, 0.1) is 0 Å². The second kappa shape index (κ2) is 10.4. The van der Waals surface area contributed by atoms with Crippen molar-refractivity contribution in [3.05, 3.63) is 20.5 Å². The van der Waals surface area contributed by atoms with Crippen LogP contribution in [0.25, 0.3) is 0 Å². The van der Waals surface area contributed by atoms with Gasteiger partial charge in [-0.3, -0.25) is 0 Å². The molecule has 1 rings (SSSR count). The van der Waals surface area contributed by atoms with Gasteiger partial charge in [-0.25, -0.2) is 0 Å². The van der Waals surface area contributed by atoms with Crippen LogP contribution in [0.2, 0.25) is 0 Å². The molecule has 1 aliphatic rings. The minimum absolute atomic E-state index is 0. The minimum Gasteiger partial charge on any atom is -1.00 e. The van der Waals surface area contributed by atoms with E-state index in [9.17, 15) is 0 Å². The van der Waals surface area contributed by atoms with Crippen LogP contribution in [0.15, 0.2) is 20.5 Å². The van der Waals surface area contributed by atoms with Crippen molar-refractivity contribution < 1.29 is 34.1 Å². The Bertz CT molecular complexity index is 244. The van der Waals surface area contributed by atoms with Crippen LogP contribution < -0.4 is 9.41 Å². The molecule has 0 saturated carbocycles. The second-order valence-corrected chi connectivity index (χ2v) is 5.58. The van der Waals surface area contributed by atoms with Gasteiger partial charge in [0.1, 0.15) is 0 Å². The number of unbranched alkanes of at least 4 members (excludes halogenated alkanes) is 2. The van der Waals surface area contributed by atoms with Gasteiger partial charge in [0.25, 0.3) is 0 Å². The van der Waals surface area contributed by atoms with Gasteiger partial charge in [-0.2, -0.15) is 0 Å². The quantitative estimate of drug-likeness (QED) is 0.561. The molecule has 3 heteroatoms. The average molecular weight is 307 g/mol. The molecule has 0 aromatic heterocycles. The molecule has 1 aliphatic carbocycles. The Balaban J connectivity index is 0. The van der Waals surface area contributed by atoms with Gasteiger partial charge >= 0.3 is 104 Å². The predicted molar refractivity (Wildman–Crippen MR) is 58.8 cm³/mol. The molecule has 0 aliphatic heterocycles. The van der Waals surface area contributed by atoms with E-state index < -0.39 is 0 Å². The van der Waals surface area contributed by atoms with Crippen LogP contribution in [0.5, 0.6) is 0 Å². The summed E-state index contributed by atoms with van der Waals surface area (Å²) in [4.78, 5) is 0. The van der Waals surface area contributed by atoms with E-state index >= 15 is 0 Å². The molecular formula is C13H21F2Zr. The first-order valence-corrected chi connectivity index (χ1v) is 7.15. The maximum absolute atomic E-state index is 2.48. The Morgan fingerprint density at radius 1 is 1.06 bits per heavy atom. The summed E-state index contributed by atoms with van der Waals surface area (Å²) >= 11 is 1.64. The molecule has 91 valence electrons. The topological polar surface area (TPSA) is 0 Å². The molecule has 0 amide bonds. The average Bonchev–Trinajstić information content (AvgIpc) is 2.53. The van der Waals surface area contributed by atoms with E-state index in [0.29, 0.717) is 0 Å². The van der Waals surface area contributed by atoms with Crippen molar-refractivity contribution in [1.29, 1.82) is 0 Å². The van der Waals surface area contributed by atoms with E-state index in [1.807, 2.05) is 0 Å². The predicted octanol–water partition coefficient (Wildman–Crippen LogP) is -1.49. The van der Waals surface area contributed by atoms with Crippen LogP contribution in [0.3, 0.4) is 0 Å². The van der Waals surface area contributed by atoms with E-state index in [1.165, 1.54) is 44.9 Å². The fraction of sp³-hybridized carbons (Fsp3) is 0.692. The molecule has 16 heavy (non-hydrogen) atoms.